The Hall–Kier alpha value is -8.90. The Labute approximate surface area is 556 Å². The topological polar surface area (TPSA) is 192 Å². The number of benzene rings is 6. The lowest BCUT2D eigenvalue weighted by Gasteiger charge is -2.44. The fourth-order valence-corrected chi connectivity index (χ4v) is 17.1. The number of fused-ring (bicyclic) bond motifs is 2. The molecule has 0 unspecified atom stereocenters. The summed E-state index contributed by atoms with van der Waals surface area (Å²) in [4.78, 5) is 81.8. The number of alkyl carbamates (subject to hydrolysis) is 2. The third-order valence-electron chi connectivity index (χ3n) is 17.2. The Kier molecular flexibility index (Phi) is 23.1. The maximum Gasteiger partial charge on any atom is 0.417 e. The largest absolute Gasteiger partial charge is 0.476 e. The maximum atomic E-state index is 14.9. The standard InChI is InChI=1S/C49H60F3N3O6Si.C23H23F3N2O6/c1-34(2)55(37-25-23-35(24-26-37)27-30-60-62(47(3,4)5,38-19-13-9-14-20-38)39-21-15-10-16-22-39)44(56)40-31-42-43(32-41(40)49(50,51)52)61-48(6,7)45(57)54(42)29-28-53-46(58)59-33-36-17-11-8-12-18-36;1-22(2)20(30)28(10-9-27-21(31)33-13-14-7-5-4-6-8-14)17-11-15(19(29)32-3)16(23(24,25)26)12-18(17)34-22/h8-22,31-32,34-35,37H,23-30,33H2,1-7H3,(H,53,58);4-8,11-12H,9-10,13H2,1-3H3,(H,27,31). The Morgan fingerprint density at radius 3 is 1.39 bits per heavy atom. The van der Waals surface area contributed by atoms with E-state index in [0.717, 1.165) is 60.6 Å². The van der Waals surface area contributed by atoms with Crippen LogP contribution in [0.2, 0.25) is 5.04 Å². The molecule has 2 heterocycles. The molecule has 2 N–H and O–H groups in total. The van der Waals surface area contributed by atoms with Gasteiger partial charge in [0.25, 0.3) is 26.0 Å². The lowest BCUT2D eigenvalue weighted by molar-refractivity contribution is -0.139. The van der Waals surface area contributed by atoms with Crippen LogP contribution in [0.4, 0.5) is 47.3 Å². The third-order valence-corrected chi connectivity index (χ3v) is 22.2. The first kappa shape index (κ1) is 72.9. The van der Waals surface area contributed by atoms with Crippen LogP contribution in [-0.4, -0.2) is 112 Å². The van der Waals surface area contributed by atoms with Crippen molar-refractivity contribution in [2.24, 2.45) is 5.92 Å². The second kappa shape index (κ2) is 30.4. The second-order valence-electron chi connectivity index (χ2n) is 26.1. The summed E-state index contributed by atoms with van der Waals surface area (Å²) in [7, 11) is -1.76. The number of anilines is 2. The second-order valence-corrected chi connectivity index (χ2v) is 30.4. The van der Waals surface area contributed by atoms with E-state index in [4.69, 9.17) is 23.4 Å². The van der Waals surface area contributed by atoms with Crippen molar-refractivity contribution in [3.8, 4) is 11.5 Å². The van der Waals surface area contributed by atoms with Crippen LogP contribution in [0.1, 0.15) is 137 Å². The molecule has 0 bridgehead atoms. The van der Waals surface area contributed by atoms with Crippen LogP contribution in [0.15, 0.2) is 146 Å². The van der Waals surface area contributed by atoms with E-state index in [0.29, 0.717) is 31.4 Å². The molecule has 96 heavy (non-hydrogen) atoms. The molecule has 6 aromatic carbocycles. The Bertz CT molecular complexity index is 3660. The third kappa shape index (κ3) is 17.2. The lowest BCUT2D eigenvalue weighted by Crippen LogP contribution is -2.66. The Balaban J connectivity index is 0.000000292. The predicted octanol–water partition coefficient (Wildman–Crippen LogP) is 13.4. The number of carbonyl (C=O) groups is 6. The fraction of sp³-hybridized carbons (Fsp3) is 0.417. The van der Waals surface area contributed by atoms with E-state index < -0.39 is 96.0 Å². The number of nitrogens with zero attached hydrogens (tertiary/aromatic N) is 3. The number of esters is 1. The fourth-order valence-electron chi connectivity index (χ4n) is 12.5. The van der Waals surface area contributed by atoms with Gasteiger partial charge in [-0.25, -0.2) is 14.4 Å². The number of hydrogen-bond acceptors (Lipinski definition) is 12. The number of hydrogen-bond donors (Lipinski definition) is 2. The smallest absolute Gasteiger partial charge is 0.417 e. The highest BCUT2D eigenvalue weighted by Gasteiger charge is 2.51. The minimum Gasteiger partial charge on any atom is -0.476 e. The molecular formula is C72H83F6N5O12Si. The first-order valence-corrected chi connectivity index (χ1v) is 33.8. The van der Waals surface area contributed by atoms with Gasteiger partial charge < -0.3 is 53.4 Å². The van der Waals surface area contributed by atoms with Gasteiger partial charge in [-0.3, -0.25) is 14.4 Å². The Morgan fingerprint density at radius 2 is 1.00 bits per heavy atom. The van der Waals surface area contributed by atoms with Gasteiger partial charge in [0.05, 0.1) is 40.7 Å². The number of carbonyl (C=O) groups excluding carboxylic acids is 6. The monoisotopic (exact) mass is 1350 g/mol. The van der Waals surface area contributed by atoms with Crippen LogP contribution in [0.5, 0.6) is 11.5 Å². The summed E-state index contributed by atoms with van der Waals surface area (Å²) in [6, 6.07) is 42.0. The van der Waals surface area contributed by atoms with Gasteiger partial charge >= 0.3 is 30.5 Å². The summed E-state index contributed by atoms with van der Waals surface area (Å²) in [5.41, 5.74) is -5.12. The van der Waals surface area contributed by atoms with Gasteiger partial charge in [0.2, 0.25) is 0 Å². The SMILES string of the molecule is CC(C)N(C(=O)c1cc2c(cc1C(F)(F)F)OC(C)(C)C(=O)N2CCNC(=O)OCc1ccccc1)C1CCC(CCO[Si](c2ccccc2)(c2ccccc2)C(C)(C)C)CC1.COC(=O)c1cc2c(cc1C(F)(F)F)OC(C)(C)C(=O)N2CCNC(=O)OCc1ccccc1. The summed E-state index contributed by atoms with van der Waals surface area (Å²) in [6.07, 6.45) is -7.51. The van der Waals surface area contributed by atoms with Crippen molar-refractivity contribution < 1.29 is 83.2 Å². The summed E-state index contributed by atoms with van der Waals surface area (Å²) in [5, 5.41) is 7.39. The molecule has 0 spiro atoms. The number of alkyl halides is 6. The van der Waals surface area contributed by atoms with Crippen molar-refractivity contribution in [1.82, 2.24) is 15.5 Å². The number of nitrogens with one attached hydrogen (secondary N) is 2. The highest BCUT2D eigenvalue weighted by molar-refractivity contribution is 6.99. The summed E-state index contributed by atoms with van der Waals surface area (Å²) >= 11 is 0. The molecule has 17 nitrogen and oxygen atoms in total. The van der Waals surface area contributed by atoms with Crippen molar-refractivity contribution in [1.29, 1.82) is 0 Å². The number of halogens is 6. The zero-order valence-electron chi connectivity index (χ0n) is 55.6. The molecule has 5 amide bonds. The van der Waals surface area contributed by atoms with Crippen LogP contribution in [0.25, 0.3) is 0 Å². The number of methoxy groups -OCH3 is 1. The van der Waals surface area contributed by atoms with Crippen LogP contribution < -0.4 is 40.3 Å². The van der Waals surface area contributed by atoms with Gasteiger partial charge in [-0.2, -0.15) is 26.3 Å². The molecule has 0 aromatic heterocycles. The quantitative estimate of drug-likeness (QED) is 0.0319. The molecule has 3 aliphatic rings. The molecule has 1 saturated carbocycles. The molecule has 514 valence electrons. The highest BCUT2D eigenvalue weighted by atomic mass is 28.4. The average molecular weight is 1350 g/mol. The molecular weight excluding hydrogens is 1270 g/mol. The number of rotatable bonds is 20. The van der Waals surface area contributed by atoms with E-state index in [1.165, 1.54) is 43.0 Å². The molecule has 1 fully saturated rings. The molecule has 6 aromatic rings. The predicted molar refractivity (Wildman–Crippen MR) is 353 cm³/mol. The van der Waals surface area contributed by atoms with E-state index in [-0.39, 0.29) is 73.3 Å². The van der Waals surface area contributed by atoms with Gasteiger partial charge in [-0.15, -0.1) is 0 Å². The van der Waals surface area contributed by atoms with Gasteiger partial charge in [0, 0.05) is 44.9 Å². The zero-order chi connectivity index (χ0) is 70.0. The first-order valence-electron chi connectivity index (χ1n) is 31.8. The highest BCUT2D eigenvalue weighted by Crippen LogP contribution is 2.47. The lowest BCUT2D eigenvalue weighted by atomic mass is 9.83. The van der Waals surface area contributed by atoms with Crippen molar-refractivity contribution in [2.45, 2.75) is 148 Å². The van der Waals surface area contributed by atoms with Crippen molar-refractivity contribution in [2.75, 3.05) is 49.7 Å². The minimum absolute atomic E-state index is 0.0263. The number of amides is 5. The van der Waals surface area contributed by atoms with Crippen molar-refractivity contribution in [3.05, 3.63) is 179 Å². The normalized spacial score (nSPS) is 16.7. The number of ether oxygens (including phenoxy) is 5. The maximum absolute atomic E-state index is 14.9. The molecule has 24 heteroatoms. The van der Waals surface area contributed by atoms with Crippen LogP contribution in [-0.2, 0) is 53.8 Å². The molecule has 2 aliphatic heterocycles. The molecule has 1 aliphatic carbocycles. The first-order chi connectivity index (χ1) is 45.3. The zero-order valence-corrected chi connectivity index (χ0v) is 56.6. The minimum atomic E-state index is -4.89. The van der Waals surface area contributed by atoms with Gasteiger partial charge in [0.1, 0.15) is 24.7 Å². The molecule has 0 radical (unpaired) electrons. The van der Waals surface area contributed by atoms with Gasteiger partial charge in [-0.1, -0.05) is 142 Å². The van der Waals surface area contributed by atoms with Crippen molar-refractivity contribution >= 4 is 65.9 Å². The van der Waals surface area contributed by atoms with E-state index >= 15 is 0 Å². The van der Waals surface area contributed by atoms with Gasteiger partial charge in [0.15, 0.2) is 11.2 Å². The van der Waals surface area contributed by atoms with E-state index in [9.17, 15) is 55.1 Å². The summed E-state index contributed by atoms with van der Waals surface area (Å²) in [6.45, 7) is 16.5. The molecule has 9 rings (SSSR count). The average Bonchev–Trinajstić information content (AvgIpc) is 0.763. The van der Waals surface area contributed by atoms with Crippen LogP contribution in [0.3, 0.4) is 0 Å². The van der Waals surface area contributed by atoms with Crippen LogP contribution >= 0.6 is 0 Å². The van der Waals surface area contributed by atoms with E-state index in [1.807, 2.05) is 62.4 Å². The van der Waals surface area contributed by atoms with E-state index in [1.54, 1.807) is 29.2 Å². The molecule has 0 atom stereocenters. The summed E-state index contributed by atoms with van der Waals surface area (Å²) in [5.74, 6) is -3.13. The van der Waals surface area contributed by atoms with E-state index in [2.05, 4.69) is 84.7 Å². The molecule has 0 saturated heterocycles. The summed E-state index contributed by atoms with van der Waals surface area (Å²) < 4.78 is 119. The van der Waals surface area contributed by atoms with Crippen LogP contribution in [0, 0.1) is 5.92 Å². The van der Waals surface area contributed by atoms with Crippen molar-refractivity contribution in [3.63, 3.8) is 0 Å². The Morgan fingerprint density at radius 1 is 0.604 bits per heavy atom. The van der Waals surface area contributed by atoms with Gasteiger partial charge in [-0.05, 0) is 130 Å².